The molecule has 0 spiro atoms. The summed E-state index contributed by atoms with van der Waals surface area (Å²) in [6.07, 6.45) is 3.23. The highest BCUT2D eigenvalue weighted by molar-refractivity contribution is 6.41. The van der Waals surface area contributed by atoms with Gasteiger partial charge in [0.25, 0.3) is 5.70 Å². The molecule has 0 bridgehead atoms. The Kier molecular flexibility index (Phi) is 4.67. The largest absolute Gasteiger partial charge is 0.313 e. The minimum atomic E-state index is -0.390. The zero-order valence-corrected chi connectivity index (χ0v) is 15.5. The number of fused-ring (bicyclic) bond motifs is 1. The first kappa shape index (κ1) is 17.6. The number of aryl methyl sites for hydroxylation is 1. The SMILES string of the molecule is Cc1ccnc(C(C)C)c1N1CC([N+](=O)[O-])=Cc2cc(Cl)c(Cl)nc21. The highest BCUT2D eigenvalue weighted by atomic mass is 35.5. The summed E-state index contributed by atoms with van der Waals surface area (Å²) in [7, 11) is 0. The van der Waals surface area contributed by atoms with Crippen LogP contribution >= 0.6 is 23.2 Å². The van der Waals surface area contributed by atoms with Crippen LogP contribution in [0.2, 0.25) is 10.2 Å². The number of rotatable bonds is 3. The first-order chi connectivity index (χ1) is 11.8. The molecule has 0 saturated carbocycles. The molecular formula is C17H16Cl2N4O2. The van der Waals surface area contributed by atoms with E-state index in [-0.39, 0.29) is 33.3 Å². The monoisotopic (exact) mass is 378 g/mol. The molecule has 6 nitrogen and oxygen atoms in total. The number of aromatic nitrogens is 2. The third-order valence-electron chi connectivity index (χ3n) is 4.05. The van der Waals surface area contributed by atoms with Gasteiger partial charge in [0.05, 0.1) is 21.3 Å². The quantitative estimate of drug-likeness (QED) is 0.427. The molecule has 3 rings (SSSR count). The van der Waals surface area contributed by atoms with Gasteiger partial charge < -0.3 is 4.90 Å². The summed E-state index contributed by atoms with van der Waals surface area (Å²) in [5, 5.41) is 11.8. The third-order valence-corrected chi connectivity index (χ3v) is 4.72. The van der Waals surface area contributed by atoms with Crippen LogP contribution in [0.25, 0.3) is 6.08 Å². The van der Waals surface area contributed by atoms with Gasteiger partial charge in [0.15, 0.2) is 0 Å². The number of hydrogen-bond donors (Lipinski definition) is 0. The third kappa shape index (κ3) is 3.19. The van der Waals surface area contributed by atoms with Gasteiger partial charge >= 0.3 is 0 Å². The number of nitrogens with zero attached hydrogens (tertiary/aromatic N) is 4. The molecule has 0 saturated heterocycles. The van der Waals surface area contributed by atoms with E-state index in [1.165, 1.54) is 6.08 Å². The highest BCUT2D eigenvalue weighted by Crippen LogP contribution is 2.40. The maximum atomic E-state index is 11.4. The molecule has 0 unspecified atom stereocenters. The first-order valence-electron chi connectivity index (χ1n) is 7.73. The Morgan fingerprint density at radius 3 is 2.72 bits per heavy atom. The predicted molar refractivity (Wildman–Crippen MR) is 99.3 cm³/mol. The van der Waals surface area contributed by atoms with Gasteiger partial charge in [-0.1, -0.05) is 37.0 Å². The molecule has 2 aromatic rings. The summed E-state index contributed by atoms with van der Waals surface area (Å²) in [5.41, 5.74) is 3.25. The lowest BCUT2D eigenvalue weighted by atomic mass is 10.0. The number of nitro groups is 1. The molecule has 130 valence electrons. The maximum absolute atomic E-state index is 11.4. The molecule has 0 atom stereocenters. The fourth-order valence-corrected chi connectivity index (χ4v) is 3.19. The summed E-state index contributed by atoms with van der Waals surface area (Å²) >= 11 is 12.2. The molecule has 1 aliphatic rings. The summed E-state index contributed by atoms with van der Waals surface area (Å²) in [4.78, 5) is 21.7. The van der Waals surface area contributed by atoms with Crippen molar-refractivity contribution in [3.05, 3.63) is 61.1 Å². The Balaban J connectivity index is 2.27. The summed E-state index contributed by atoms with van der Waals surface area (Å²) in [5.74, 6) is 0.684. The number of pyridine rings is 2. The summed E-state index contributed by atoms with van der Waals surface area (Å²) in [6.45, 7) is 6.09. The van der Waals surface area contributed by atoms with Crippen molar-refractivity contribution in [2.24, 2.45) is 0 Å². The molecule has 0 aromatic carbocycles. The molecular weight excluding hydrogens is 363 g/mol. The van der Waals surface area contributed by atoms with Gasteiger partial charge in [-0.25, -0.2) is 4.98 Å². The standard InChI is InChI=1S/C17H16Cl2N4O2/c1-9(2)14-15(10(3)4-5-20-14)22-8-12(23(24)25)6-11-7-13(18)16(19)21-17(11)22/h4-7,9H,8H2,1-3H3. The Bertz CT molecular complexity index is 896. The summed E-state index contributed by atoms with van der Waals surface area (Å²) in [6, 6.07) is 3.48. The molecule has 0 N–H and O–H groups in total. The Morgan fingerprint density at radius 2 is 2.08 bits per heavy atom. The number of anilines is 2. The van der Waals surface area contributed by atoms with E-state index in [1.807, 2.05) is 26.8 Å². The van der Waals surface area contributed by atoms with Crippen LogP contribution in [0, 0.1) is 17.0 Å². The Hall–Kier alpha value is -2.18. The molecule has 0 amide bonds. The van der Waals surface area contributed by atoms with E-state index in [9.17, 15) is 10.1 Å². The van der Waals surface area contributed by atoms with Crippen LogP contribution in [0.5, 0.6) is 0 Å². The maximum Gasteiger partial charge on any atom is 0.266 e. The lowest BCUT2D eigenvalue weighted by Crippen LogP contribution is -2.29. The van der Waals surface area contributed by atoms with Crippen molar-refractivity contribution in [1.82, 2.24) is 9.97 Å². The first-order valence-corrected chi connectivity index (χ1v) is 8.49. The van der Waals surface area contributed by atoms with Crippen molar-refractivity contribution in [2.45, 2.75) is 26.7 Å². The van der Waals surface area contributed by atoms with Gasteiger partial charge in [0, 0.05) is 17.8 Å². The van der Waals surface area contributed by atoms with E-state index < -0.39 is 0 Å². The molecule has 3 heterocycles. The van der Waals surface area contributed by atoms with Crippen molar-refractivity contribution in [1.29, 1.82) is 0 Å². The van der Waals surface area contributed by atoms with E-state index in [2.05, 4.69) is 9.97 Å². The van der Waals surface area contributed by atoms with Crippen LogP contribution in [0.4, 0.5) is 11.5 Å². The van der Waals surface area contributed by atoms with Gasteiger partial charge in [0.1, 0.15) is 17.5 Å². The lowest BCUT2D eigenvalue weighted by Gasteiger charge is -2.30. The van der Waals surface area contributed by atoms with Crippen molar-refractivity contribution in [3.63, 3.8) is 0 Å². The van der Waals surface area contributed by atoms with Crippen LogP contribution < -0.4 is 4.90 Å². The average molecular weight is 379 g/mol. The normalized spacial score (nSPS) is 13.7. The van der Waals surface area contributed by atoms with Crippen molar-refractivity contribution < 1.29 is 4.92 Å². The minimum absolute atomic E-state index is 0.0608. The minimum Gasteiger partial charge on any atom is -0.313 e. The Morgan fingerprint density at radius 1 is 1.36 bits per heavy atom. The van der Waals surface area contributed by atoms with Crippen molar-refractivity contribution >= 4 is 40.8 Å². The van der Waals surface area contributed by atoms with E-state index in [0.717, 1.165) is 16.9 Å². The van der Waals surface area contributed by atoms with Gasteiger partial charge in [-0.15, -0.1) is 0 Å². The van der Waals surface area contributed by atoms with E-state index in [1.54, 1.807) is 17.2 Å². The van der Waals surface area contributed by atoms with Gasteiger partial charge in [-0.05, 0) is 30.5 Å². The van der Waals surface area contributed by atoms with Crippen LogP contribution in [0.1, 0.15) is 36.6 Å². The van der Waals surface area contributed by atoms with Gasteiger partial charge in [-0.2, -0.15) is 0 Å². The van der Waals surface area contributed by atoms with Crippen LogP contribution in [-0.2, 0) is 0 Å². The molecule has 2 aromatic heterocycles. The smallest absolute Gasteiger partial charge is 0.266 e. The van der Waals surface area contributed by atoms with Crippen LogP contribution in [0.15, 0.2) is 24.0 Å². The fraction of sp³-hybridized carbons (Fsp3) is 0.294. The highest BCUT2D eigenvalue weighted by Gasteiger charge is 2.31. The van der Waals surface area contributed by atoms with E-state index >= 15 is 0 Å². The second-order valence-corrected chi connectivity index (χ2v) is 6.93. The Labute approximate surface area is 155 Å². The average Bonchev–Trinajstić information content (AvgIpc) is 2.55. The molecule has 0 fully saturated rings. The van der Waals surface area contributed by atoms with Gasteiger partial charge in [0.2, 0.25) is 0 Å². The lowest BCUT2D eigenvalue weighted by molar-refractivity contribution is -0.423. The number of halogens is 2. The number of hydrogen-bond acceptors (Lipinski definition) is 5. The second-order valence-electron chi connectivity index (χ2n) is 6.17. The summed E-state index contributed by atoms with van der Waals surface area (Å²) < 4.78 is 0. The molecule has 8 heteroatoms. The second kappa shape index (κ2) is 6.61. The van der Waals surface area contributed by atoms with Crippen molar-refractivity contribution in [2.75, 3.05) is 11.4 Å². The topological polar surface area (TPSA) is 72.2 Å². The predicted octanol–water partition coefficient (Wildman–Crippen LogP) is 4.98. The molecule has 1 aliphatic heterocycles. The van der Waals surface area contributed by atoms with E-state index in [4.69, 9.17) is 23.2 Å². The van der Waals surface area contributed by atoms with E-state index in [0.29, 0.717) is 11.4 Å². The molecule has 0 aliphatic carbocycles. The molecule has 25 heavy (non-hydrogen) atoms. The van der Waals surface area contributed by atoms with Crippen LogP contribution in [-0.4, -0.2) is 21.4 Å². The fourth-order valence-electron chi connectivity index (χ4n) is 2.90. The molecule has 0 radical (unpaired) electrons. The van der Waals surface area contributed by atoms with Gasteiger partial charge in [-0.3, -0.25) is 15.1 Å². The zero-order chi connectivity index (χ0) is 18.3. The zero-order valence-electron chi connectivity index (χ0n) is 14.0. The van der Waals surface area contributed by atoms with Crippen molar-refractivity contribution in [3.8, 4) is 0 Å². The van der Waals surface area contributed by atoms with Crippen LogP contribution in [0.3, 0.4) is 0 Å².